The smallest absolute Gasteiger partial charge is 0.265 e. The monoisotopic (exact) mass is 142 g/mol. The summed E-state index contributed by atoms with van der Waals surface area (Å²) >= 11 is 1.33. The number of allylic oxidation sites excluding steroid dienone is 2. The lowest BCUT2D eigenvalue weighted by Crippen LogP contribution is -2.22. The Morgan fingerprint density at radius 2 is 2.56 bits per heavy atom. The van der Waals surface area contributed by atoms with E-state index in [1.807, 2.05) is 5.41 Å². The molecule has 0 bridgehead atoms. The van der Waals surface area contributed by atoms with Gasteiger partial charge in [-0.1, -0.05) is 6.08 Å². The first-order valence-electron chi connectivity index (χ1n) is 2.39. The summed E-state index contributed by atoms with van der Waals surface area (Å²) in [7, 11) is 0. The van der Waals surface area contributed by atoms with Crippen LogP contribution in [0.25, 0.3) is 0 Å². The Hall–Kier alpha value is -0.900. The minimum absolute atomic E-state index is 0.424. The third-order valence-corrected chi connectivity index (χ3v) is 1.47. The molecule has 0 aliphatic carbocycles. The first kappa shape index (κ1) is 6.22. The lowest BCUT2D eigenvalue weighted by Gasteiger charge is -2.05. The van der Waals surface area contributed by atoms with E-state index in [2.05, 4.69) is 4.72 Å². The van der Waals surface area contributed by atoms with Crippen molar-refractivity contribution in [2.24, 2.45) is 5.73 Å². The molecule has 48 valence electrons. The number of hydrogen-bond acceptors (Lipinski definition) is 3. The number of carbonyl (C=O) groups excluding carboxylic acids is 1. The molecule has 9 heavy (non-hydrogen) atoms. The van der Waals surface area contributed by atoms with Gasteiger partial charge in [0.15, 0.2) is 0 Å². The highest BCUT2D eigenvalue weighted by molar-refractivity contribution is 8.00. The van der Waals surface area contributed by atoms with E-state index in [1.165, 1.54) is 11.9 Å². The first-order chi connectivity index (χ1) is 4.30. The molecule has 0 saturated carbocycles. The van der Waals surface area contributed by atoms with Crippen molar-refractivity contribution >= 4 is 17.9 Å². The van der Waals surface area contributed by atoms with Crippen LogP contribution in [0, 0.1) is 0 Å². The van der Waals surface area contributed by atoms with Gasteiger partial charge in [0.05, 0.1) is 0 Å². The van der Waals surface area contributed by atoms with Gasteiger partial charge in [-0.2, -0.15) is 0 Å². The summed E-state index contributed by atoms with van der Waals surface area (Å²) in [5.74, 6) is -0.424. The fourth-order valence-corrected chi connectivity index (χ4v) is 0.960. The standard InChI is InChI=1S/C5H6N2OS/c6-5(8)4-2-1-3-9-7-4/h1-3,7H,(H2,6,8). The van der Waals surface area contributed by atoms with Gasteiger partial charge in [0.25, 0.3) is 5.91 Å². The summed E-state index contributed by atoms with van der Waals surface area (Å²) in [6.07, 6.45) is 3.40. The van der Waals surface area contributed by atoms with Crippen LogP contribution in [-0.4, -0.2) is 5.91 Å². The molecule has 0 aromatic heterocycles. The molecule has 1 aliphatic rings. The average Bonchev–Trinajstić information content (AvgIpc) is 1.90. The van der Waals surface area contributed by atoms with Gasteiger partial charge >= 0.3 is 0 Å². The summed E-state index contributed by atoms with van der Waals surface area (Å²) in [5, 5.41) is 1.83. The molecule has 3 N–H and O–H groups in total. The third kappa shape index (κ3) is 1.50. The molecule has 0 aromatic rings. The van der Waals surface area contributed by atoms with E-state index in [0.29, 0.717) is 5.70 Å². The number of rotatable bonds is 1. The van der Waals surface area contributed by atoms with E-state index >= 15 is 0 Å². The van der Waals surface area contributed by atoms with Crippen LogP contribution in [0.2, 0.25) is 0 Å². The van der Waals surface area contributed by atoms with Crippen LogP contribution < -0.4 is 10.5 Å². The van der Waals surface area contributed by atoms with Gasteiger partial charge in [-0.25, -0.2) is 0 Å². The van der Waals surface area contributed by atoms with Gasteiger partial charge in [-0.3, -0.25) is 4.79 Å². The number of amides is 1. The minimum Gasteiger partial charge on any atom is -0.364 e. The maximum absolute atomic E-state index is 10.4. The quantitative estimate of drug-likeness (QED) is 0.511. The van der Waals surface area contributed by atoms with Crippen LogP contribution in [-0.2, 0) is 4.79 Å². The molecule has 0 unspecified atom stereocenters. The fourth-order valence-electron chi connectivity index (χ4n) is 0.439. The molecular formula is C5H6N2OS. The SMILES string of the molecule is NC(=O)C1=CC=CSN1. The Kier molecular flexibility index (Phi) is 1.79. The van der Waals surface area contributed by atoms with Crippen molar-refractivity contribution in [2.75, 3.05) is 0 Å². The molecule has 0 aromatic carbocycles. The zero-order valence-corrected chi connectivity index (χ0v) is 5.44. The minimum atomic E-state index is -0.424. The van der Waals surface area contributed by atoms with Gasteiger partial charge in [0, 0.05) is 0 Å². The Balaban J connectivity index is 2.68. The Bertz CT molecular complexity index is 185. The average molecular weight is 142 g/mol. The number of carbonyl (C=O) groups is 1. The van der Waals surface area contributed by atoms with Gasteiger partial charge in [-0.15, -0.1) is 0 Å². The zero-order chi connectivity index (χ0) is 6.69. The van der Waals surface area contributed by atoms with Crippen LogP contribution in [0.15, 0.2) is 23.3 Å². The summed E-state index contributed by atoms with van der Waals surface area (Å²) in [5.41, 5.74) is 5.40. The maximum Gasteiger partial charge on any atom is 0.265 e. The Morgan fingerprint density at radius 3 is 2.89 bits per heavy atom. The van der Waals surface area contributed by atoms with Gasteiger partial charge in [0.2, 0.25) is 0 Å². The predicted octanol–water partition coefficient (Wildman–Crippen LogP) is 0.121. The van der Waals surface area contributed by atoms with E-state index in [0.717, 1.165) is 0 Å². The summed E-state index contributed by atoms with van der Waals surface area (Å²) < 4.78 is 2.73. The van der Waals surface area contributed by atoms with Crippen molar-refractivity contribution < 1.29 is 4.79 Å². The second-order valence-corrected chi connectivity index (χ2v) is 2.21. The topological polar surface area (TPSA) is 55.1 Å². The number of hydrogen-bond donors (Lipinski definition) is 2. The second-order valence-electron chi connectivity index (χ2n) is 1.49. The maximum atomic E-state index is 10.4. The lowest BCUT2D eigenvalue weighted by molar-refractivity contribution is -0.114. The van der Waals surface area contributed by atoms with Crippen LogP contribution >= 0.6 is 11.9 Å². The van der Waals surface area contributed by atoms with Gasteiger partial charge in [0.1, 0.15) is 5.70 Å². The molecule has 1 heterocycles. The van der Waals surface area contributed by atoms with Crippen molar-refractivity contribution in [2.45, 2.75) is 0 Å². The molecule has 0 radical (unpaired) electrons. The van der Waals surface area contributed by atoms with E-state index in [4.69, 9.17) is 5.73 Å². The molecule has 0 atom stereocenters. The zero-order valence-electron chi connectivity index (χ0n) is 4.63. The number of nitrogens with two attached hydrogens (primary N) is 1. The molecule has 0 spiro atoms. The molecule has 0 fully saturated rings. The molecule has 1 aliphatic heterocycles. The van der Waals surface area contributed by atoms with Crippen molar-refractivity contribution in [1.82, 2.24) is 4.72 Å². The summed E-state index contributed by atoms with van der Waals surface area (Å²) in [4.78, 5) is 10.4. The molecule has 4 heteroatoms. The van der Waals surface area contributed by atoms with E-state index in [9.17, 15) is 4.79 Å². The number of nitrogens with one attached hydrogen (secondary N) is 1. The number of primary amides is 1. The highest BCUT2D eigenvalue weighted by Gasteiger charge is 2.03. The molecule has 3 nitrogen and oxygen atoms in total. The van der Waals surface area contributed by atoms with E-state index in [-0.39, 0.29) is 0 Å². The molecule has 1 rings (SSSR count). The largest absolute Gasteiger partial charge is 0.364 e. The van der Waals surface area contributed by atoms with Gasteiger partial charge < -0.3 is 10.5 Å². The summed E-state index contributed by atoms with van der Waals surface area (Å²) in [6.45, 7) is 0. The third-order valence-electron chi connectivity index (χ3n) is 0.844. The van der Waals surface area contributed by atoms with Gasteiger partial charge in [-0.05, 0) is 23.4 Å². The fraction of sp³-hybridized carbons (Fsp3) is 0. The van der Waals surface area contributed by atoms with Crippen LogP contribution in [0.4, 0.5) is 0 Å². The molecular weight excluding hydrogens is 136 g/mol. The Morgan fingerprint density at radius 1 is 1.78 bits per heavy atom. The second kappa shape index (κ2) is 2.59. The van der Waals surface area contributed by atoms with Crippen molar-refractivity contribution in [3.63, 3.8) is 0 Å². The highest BCUT2D eigenvalue weighted by Crippen LogP contribution is 2.06. The summed E-state index contributed by atoms with van der Waals surface area (Å²) in [6, 6.07) is 0. The molecule has 1 amide bonds. The lowest BCUT2D eigenvalue weighted by atomic mass is 10.4. The van der Waals surface area contributed by atoms with E-state index in [1.54, 1.807) is 12.2 Å². The van der Waals surface area contributed by atoms with Crippen molar-refractivity contribution in [3.8, 4) is 0 Å². The molecule has 0 saturated heterocycles. The predicted molar refractivity (Wildman–Crippen MR) is 37.1 cm³/mol. The van der Waals surface area contributed by atoms with E-state index < -0.39 is 5.91 Å². The Labute approximate surface area is 57.1 Å². The van der Waals surface area contributed by atoms with Crippen LogP contribution in [0.3, 0.4) is 0 Å². The van der Waals surface area contributed by atoms with Crippen molar-refractivity contribution in [1.29, 1.82) is 0 Å². The van der Waals surface area contributed by atoms with Crippen LogP contribution in [0.1, 0.15) is 0 Å². The normalized spacial score (nSPS) is 16.2. The first-order valence-corrected chi connectivity index (χ1v) is 3.27. The van der Waals surface area contributed by atoms with Crippen molar-refractivity contribution in [3.05, 3.63) is 23.3 Å². The highest BCUT2D eigenvalue weighted by atomic mass is 32.2. The van der Waals surface area contributed by atoms with Crippen LogP contribution in [0.5, 0.6) is 0 Å².